The van der Waals surface area contributed by atoms with Gasteiger partial charge in [-0.15, -0.1) is 11.3 Å². The number of aryl methyl sites for hydroxylation is 1. The zero-order valence-electron chi connectivity index (χ0n) is 10.2. The Morgan fingerprint density at radius 2 is 2.00 bits per heavy atom. The maximum Gasteiger partial charge on any atom is 0.0351 e. The molecule has 0 saturated carbocycles. The molecule has 86 valence electrons. The average molecular weight is 240 g/mol. The molecule has 0 radical (unpaired) electrons. The van der Waals surface area contributed by atoms with Crippen molar-refractivity contribution >= 4 is 23.5 Å². The number of thiophene rings is 1. The fraction of sp³-hybridized carbons (Fsp3) is 0.125. The van der Waals surface area contributed by atoms with Gasteiger partial charge < -0.3 is 0 Å². The van der Waals surface area contributed by atoms with E-state index in [0.29, 0.717) is 0 Å². The molecule has 0 bridgehead atoms. The van der Waals surface area contributed by atoms with Crippen molar-refractivity contribution in [2.75, 3.05) is 0 Å². The van der Waals surface area contributed by atoms with E-state index in [9.17, 15) is 0 Å². The van der Waals surface area contributed by atoms with Crippen LogP contribution in [0.2, 0.25) is 0 Å². The molecule has 1 heteroatoms. The van der Waals surface area contributed by atoms with E-state index in [1.807, 2.05) is 24.3 Å². The highest BCUT2D eigenvalue weighted by Gasteiger charge is 2.07. The minimum absolute atomic E-state index is 1.22. The summed E-state index contributed by atoms with van der Waals surface area (Å²) in [4.78, 5) is 2.65. The van der Waals surface area contributed by atoms with Crippen LogP contribution in [0.4, 0.5) is 0 Å². The van der Waals surface area contributed by atoms with E-state index in [4.69, 9.17) is 0 Å². The molecule has 0 aliphatic heterocycles. The molecule has 17 heavy (non-hydrogen) atoms. The Morgan fingerprint density at radius 3 is 2.59 bits per heavy atom. The first-order valence-electron chi connectivity index (χ1n) is 5.71. The Labute approximate surface area is 107 Å². The van der Waals surface area contributed by atoms with Crippen LogP contribution in [0.5, 0.6) is 0 Å². The summed E-state index contributed by atoms with van der Waals surface area (Å²) in [5, 5.41) is 0. The summed E-state index contributed by atoms with van der Waals surface area (Å²) >= 11 is 1.83. The molecule has 0 aliphatic carbocycles. The fourth-order valence-electron chi connectivity index (χ4n) is 1.93. The summed E-state index contributed by atoms with van der Waals surface area (Å²) < 4.78 is 0. The molecule has 0 aliphatic rings. The second-order valence-corrected chi connectivity index (χ2v) is 5.21. The van der Waals surface area contributed by atoms with Gasteiger partial charge in [0.05, 0.1) is 0 Å². The molecule has 1 aromatic heterocycles. The van der Waals surface area contributed by atoms with Gasteiger partial charge in [-0.1, -0.05) is 43.0 Å². The standard InChI is InChI=1S/C16H16S/c1-4-7-13-8-6-9-15(14(13)5-2)16-11-10-12(3)17-16/h4-11H,2H2,1,3H3/b7-4-. The van der Waals surface area contributed by atoms with Crippen LogP contribution in [0.25, 0.3) is 22.6 Å². The maximum absolute atomic E-state index is 3.94. The lowest BCUT2D eigenvalue weighted by atomic mass is 9.99. The molecule has 0 saturated heterocycles. The fourth-order valence-corrected chi connectivity index (χ4v) is 2.84. The third kappa shape index (κ3) is 2.40. The number of hydrogen-bond acceptors (Lipinski definition) is 1. The second-order valence-electron chi connectivity index (χ2n) is 3.92. The number of hydrogen-bond donors (Lipinski definition) is 0. The van der Waals surface area contributed by atoms with Crippen LogP contribution < -0.4 is 0 Å². The highest BCUT2D eigenvalue weighted by Crippen LogP contribution is 2.33. The van der Waals surface area contributed by atoms with Gasteiger partial charge in [-0.2, -0.15) is 0 Å². The predicted octanol–water partition coefficient (Wildman–Crippen LogP) is 5.40. The van der Waals surface area contributed by atoms with Gasteiger partial charge in [0.15, 0.2) is 0 Å². The molecule has 1 aromatic carbocycles. The topological polar surface area (TPSA) is 0 Å². The zero-order valence-corrected chi connectivity index (χ0v) is 11.1. The number of rotatable bonds is 3. The summed E-state index contributed by atoms with van der Waals surface area (Å²) in [6, 6.07) is 10.7. The van der Waals surface area contributed by atoms with Gasteiger partial charge in [0.25, 0.3) is 0 Å². The van der Waals surface area contributed by atoms with Crippen LogP contribution in [-0.4, -0.2) is 0 Å². The van der Waals surface area contributed by atoms with Gasteiger partial charge in [-0.05, 0) is 42.7 Å². The van der Waals surface area contributed by atoms with Crippen molar-refractivity contribution in [1.29, 1.82) is 0 Å². The first kappa shape index (κ1) is 11.9. The SMILES string of the molecule is C=Cc1c(/C=C\C)cccc1-c1ccc(C)s1. The van der Waals surface area contributed by atoms with Crippen molar-refractivity contribution in [2.24, 2.45) is 0 Å². The number of benzene rings is 1. The molecule has 1 heterocycles. The molecular formula is C16H16S. The Bertz CT molecular complexity index is 559. The van der Waals surface area contributed by atoms with E-state index in [1.54, 1.807) is 0 Å². The molecule has 2 rings (SSSR count). The van der Waals surface area contributed by atoms with Crippen LogP contribution in [0, 0.1) is 6.92 Å². The first-order chi connectivity index (χ1) is 8.26. The van der Waals surface area contributed by atoms with E-state index in [0.717, 1.165) is 0 Å². The van der Waals surface area contributed by atoms with Gasteiger partial charge in [0, 0.05) is 9.75 Å². The zero-order chi connectivity index (χ0) is 12.3. The quantitative estimate of drug-likeness (QED) is 0.674. The maximum atomic E-state index is 3.94. The molecule has 0 nitrogen and oxygen atoms in total. The Hall–Kier alpha value is -1.60. The van der Waals surface area contributed by atoms with Crippen LogP contribution in [-0.2, 0) is 0 Å². The number of allylic oxidation sites excluding steroid dienone is 1. The average Bonchev–Trinajstić information content (AvgIpc) is 2.76. The molecule has 0 unspecified atom stereocenters. The first-order valence-corrected chi connectivity index (χ1v) is 6.53. The highest BCUT2D eigenvalue weighted by atomic mass is 32.1. The van der Waals surface area contributed by atoms with Crippen LogP contribution in [0.1, 0.15) is 22.9 Å². The normalized spacial score (nSPS) is 10.9. The van der Waals surface area contributed by atoms with Crippen molar-refractivity contribution in [1.82, 2.24) is 0 Å². The largest absolute Gasteiger partial charge is 0.141 e. The third-order valence-corrected chi connectivity index (χ3v) is 3.73. The minimum Gasteiger partial charge on any atom is -0.141 e. The summed E-state index contributed by atoms with van der Waals surface area (Å²) in [6.45, 7) is 8.11. The summed E-state index contributed by atoms with van der Waals surface area (Å²) in [5.74, 6) is 0. The van der Waals surface area contributed by atoms with E-state index >= 15 is 0 Å². The van der Waals surface area contributed by atoms with E-state index in [1.165, 1.54) is 26.4 Å². The second kappa shape index (κ2) is 5.15. The van der Waals surface area contributed by atoms with Gasteiger partial charge >= 0.3 is 0 Å². The van der Waals surface area contributed by atoms with Crippen LogP contribution in [0.15, 0.2) is 43.0 Å². The van der Waals surface area contributed by atoms with Crippen molar-refractivity contribution in [2.45, 2.75) is 13.8 Å². The van der Waals surface area contributed by atoms with E-state index in [-0.39, 0.29) is 0 Å². The van der Waals surface area contributed by atoms with Crippen molar-refractivity contribution in [3.05, 3.63) is 59.0 Å². The molecule has 0 amide bonds. The van der Waals surface area contributed by atoms with Gasteiger partial charge in [0.1, 0.15) is 0 Å². The van der Waals surface area contributed by atoms with Gasteiger partial charge in [-0.3, -0.25) is 0 Å². The molecular weight excluding hydrogens is 224 g/mol. The minimum atomic E-state index is 1.22. The lowest BCUT2D eigenvalue weighted by Gasteiger charge is -2.07. The van der Waals surface area contributed by atoms with E-state index in [2.05, 4.69) is 56.0 Å². The van der Waals surface area contributed by atoms with Crippen LogP contribution in [0.3, 0.4) is 0 Å². The Morgan fingerprint density at radius 1 is 1.18 bits per heavy atom. The Balaban J connectivity index is 2.61. The monoisotopic (exact) mass is 240 g/mol. The molecule has 0 spiro atoms. The lowest BCUT2D eigenvalue weighted by molar-refractivity contribution is 1.60. The Kier molecular flexibility index (Phi) is 3.60. The molecule has 2 aromatic rings. The summed E-state index contributed by atoms with van der Waals surface area (Å²) in [6.07, 6.45) is 6.13. The van der Waals surface area contributed by atoms with Gasteiger partial charge in [-0.25, -0.2) is 0 Å². The van der Waals surface area contributed by atoms with Crippen molar-refractivity contribution in [3.63, 3.8) is 0 Å². The molecule has 0 atom stereocenters. The summed E-state index contributed by atoms with van der Waals surface area (Å²) in [7, 11) is 0. The van der Waals surface area contributed by atoms with E-state index < -0.39 is 0 Å². The van der Waals surface area contributed by atoms with Crippen molar-refractivity contribution < 1.29 is 0 Å². The third-order valence-electron chi connectivity index (χ3n) is 2.70. The van der Waals surface area contributed by atoms with Crippen LogP contribution >= 0.6 is 11.3 Å². The smallest absolute Gasteiger partial charge is 0.0351 e. The highest BCUT2D eigenvalue weighted by molar-refractivity contribution is 7.15. The van der Waals surface area contributed by atoms with Gasteiger partial charge in [0.2, 0.25) is 0 Å². The summed E-state index contributed by atoms with van der Waals surface area (Å²) in [5.41, 5.74) is 3.72. The molecule has 0 fully saturated rings. The van der Waals surface area contributed by atoms with Crippen molar-refractivity contribution in [3.8, 4) is 10.4 Å². The molecule has 0 N–H and O–H groups in total. The lowest BCUT2D eigenvalue weighted by Crippen LogP contribution is -1.85. The predicted molar refractivity (Wildman–Crippen MR) is 79.3 cm³/mol.